The van der Waals surface area contributed by atoms with Crippen molar-refractivity contribution in [3.05, 3.63) is 35.4 Å². The van der Waals surface area contributed by atoms with Crippen molar-refractivity contribution in [2.45, 2.75) is 10.2 Å². The molecule has 0 unspecified atom stereocenters. The van der Waals surface area contributed by atoms with E-state index in [4.69, 9.17) is 34.8 Å². The number of benzene rings is 1. The third kappa shape index (κ3) is 3.99. The molecule has 0 aliphatic rings. The monoisotopic (exact) mass is 236 g/mol. The van der Waals surface area contributed by atoms with Crippen LogP contribution < -0.4 is 0 Å². The summed E-state index contributed by atoms with van der Waals surface area (Å²) in [6.45, 7) is 0. The Bertz CT molecular complexity index is 287. The molecule has 1 aromatic carbocycles. The molecule has 0 aromatic heterocycles. The highest BCUT2D eigenvalue weighted by Crippen LogP contribution is 2.30. The van der Waals surface area contributed by atoms with Gasteiger partial charge in [-0.25, -0.2) is 0 Å². The Morgan fingerprint density at radius 2 is 1.69 bits per heavy atom. The molecular formula is C9H7Cl3O. The van der Waals surface area contributed by atoms with Crippen LogP contribution in [0.15, 0.2) is 24.3 Å². The van der Waals surface area contributed by atoms with E-state index in [1.54, 1.807) is 24.3 Å². The molecule has 0 saturated carbocycles. The van der Waals surface area contributed by atoms with Crippen LogP contribution in [0.4, 0.5) is 0 Å². The van der Waals surface area contributed by atoms with E-state index in [9.17, 15) is 4.79 Å². The van der Waals surface area contributed by atoms with E-state index in [0.29, 0.717) is 12.0 Å². The quantitative estimate of drug-likeness (QED) is 0.569. The van der Waals surface area contributed by atoms with Crippen LogP contribution in [0.2, 0.25) is 0 Å². The summed E-state index contributed by atoms with van der Waals surface area (Å²) in [5.74, 6) is 0. The minimum atomic E-state index is -1.28. The molecule has 0 amide bonds. The lowest BCUT2D eigenvalue weighted by atomic mass is 10.1. The third-order valence-corrected chi connectivity index (χ3v) is 1.92. The predicted octanol–water partition coefficient (Wildman–Crippen LogP) is 3.41. The molecule has 1 nitrogen and oxygen atoms in total. The summed E-state index contributed by atoms with van der Waals surface area (Å²) in [4.78, 5) is 10.3. The summed E-state index contributed by atoms with van der Waals surface area (Å²) in [6, 6.07) is 6.93. The molecule has 0 saturated heterocycles. The Morgan fingerprint density at radius 1 is 1.15 bits per heavy atom. The summed E-state index contributed by atoms with van der Waals surface area (Å²) in [7, 11) is 0. The maximum Gasteiger partial charge on any atom is 0.194 e. The average molecular weight is 238 g/mol. The molecule has 0 atom stereocenters. The maximum absolute atomic E-state index is 10.3. The summed E-state index contributed by atoms with van der Waals surface area (Å²) >= 11 is 16.8. The predicted molar refractivity (Wildman–Crippen MR) is 55.8 cm³/mol. The van der Waals surface area contributed by atoms with E-state index in [0.717, 1.165) is 11.8 Å². The van der Waals surface area contributed by atoms with Gasteiger partial charge in [-0.1, -0.05) is 59.1 Å². The molecule has 4 heteroatoms. The Morgan fingerprint density at radius 3 is 2.08 bits per heavy atom. The van der Waals surface area contributed by atoms with E-state index in [1.165, 1.54) is 0 Å². The van der Waals surface area contributed by atoms with Gasteiger partial charge >= 0.3 is 0 Å². The zero-order chi connectivity index (χ0) is 9.90. The Kier molecular flexibility index (Phi) is 3.60. The number of halogens is 3. The first-order chi connectivity index (χ1) is 6.01. The van der Waals surface area contributed by atoms with Gasteiger partial charge in [-0.3, -0.25) is 4.79 Å². The molecule has 0 heterocycles. The van der Waals surface area contributed by atoms with Gasteiger partial charge in [0.15, 0.2) is 3.79 Å². The topological polar surface area (TPSA) is 17.1 Å². The summed E-state index contributed by atoms with van der Waals surface area (Å²) in [6.07, 6.45) is 1.12. The van der Waals surface area contributed by atoms with Gasteiger partial charge in [-0.05, 0) is 5.56 Å². The SMILES string of the molecule is O=Cc1ccc(CC(Cl)(Cl)Cl)cc1. The van der Waals surface area contributed by atoms with Crippen molar-refractivity contribution in [3.8, 4) is 0 Å². The van der Waals surface area contributed by atoms with Crippen LogP contribution in [0.25, 0.3) is 0 Å². The molecule has 0 radical (unpaired) electrons. The maximum atomic E-state index is 10.3. The molecule has 13 heavy (non-hydrogen) atoms. The molecular weight excluding hydrogens is 230 g/mol. The van der Waals surface area contributed by atoms with E-state index < -0.39 is 3.79 Å². The smallest absolute Gasteiger partial charge is 0.194 e. The van der Waals surface area contributed by atoms with Crippen molar-refractivity contribution in [2.24, 2.45) is 0 Å². The normalized spacial score (nSPS) is 11.3. The summed E-state index contributed by atoms with van der Waals surface area (Å²) in [5.41, 5.74) is 1.51. The number of hydrogen-bond acceptors (Lipinski definition) is 1. The highest BCUT2D eigenvalue weighted by atomic mass is 35.6. The van der Waals surface area contributed by atoms with Crippen molar-refractivity contribution >= 4 is 41.1 Å². The van der Waals surface area contributed by atoms with Crippen molar-refractivity contribution in [3.63, 3.8) is 0 Å². The van der Waals surface area contributed by atoms with Gasteiger partial charge in [-0.15, -0.1) is 0 Å². The largest absolute Gasteiger partial charge is 0.298 e. The first-order valence-electron chi connectivity index (χ1n) is 3.62. The van der Waals surface area contributed by atoms with Crippen molar-refractivity contribution < 1.29 is 4.79 Å². The van der Waals surface area contributed by atoms with Crippen LogP contribution >= 0.6 is 34.8 Å². The molecule has 1 rings (SSSR count). The minimum Gasteiger partial charge on any atom is -0.298 e. The van der Waals surface area contributed by atoms with Crippen LogP contribution in [0, 0.1) is 0 Å². The Hall–Kier alpha value is -0.240. The van der Waals surface area contributed by atoms with Gasteiger partial charge in [-0.2, -0.15) is 0 Å². The number of aldehydes is 1. The van der Waals surface area contributed by atoms with Crippen LogP contribution in [-0.2, 0) is 6.42 Å². The number of carbonyl (C=O) groups excluding carboxylic acids is 1. The van der Waals surface area contributed by atoms with Crippen molar-refractivity contribution in [2.75, 3.05) is 0 Å². The summed E-state index contributed by atoms with van der Waals surface area (Å²) in [5, 5.41) is 0. The minimum absolute atomic E-state index is 0.344. The molecule has 0 aliphatic heterocycles. The van der Waals surface area contributed by atoms with Crippen LogP contribution in [0.3, 0.4) is 0 Å². The molecule has 0 aliphatic carbocycles. The summed E-state index contributed by atoms with van der Waals surface area (Å²) < 4.78 is -1.28. The van der Waals surface area contributed by atoms with Gasteiger partial charge in [0.2, 0.25) is 0 Å². The van der Waals surface area contributed by atoms with Crippen LogP contribution in [-0.4, -0.2) is 10.1 Å². The first kappa shape index (κ1) is 10.8. The van der Waals surface area contributed by atoms with E-state index in [1.807, 2.05) is 0 Å². The van der Waals surface area contributed by atoms with Crippen LogP contribution in [0.5, 0.6) is 0 Å². The van der Waals surface area contributed by atoms with Gasteiger partial charge in [0.05, 0.1) is 0 Å². The molecule has 70 valence electrons. The Balaban J connectivity index is 2.75. The van der Waals surface area contributed by atoms with E-state index in [-0.39, 0.29) is 0 Å². The van der Waals surface area contributed by atoms with Gasteiger partial charge in [0.1, 0.15) is 6.29 Å². The lowest BCUT2D eigenvalue weighted by molar-refractivity contribution is 0.112. The first-order valence-corrected chi connectivity index (χ1v) is 4.75. The van der Waals surface area contributed by atoms with Gasteiger partial charge in [0, 0.05) is 12.0 Å². The molecule has 0 bridgehead atoms. The van der Waals surface area contributed by atoms with Gasteiger partial charge < -0.3 is 0 Å². The molecule has 1 aromatic rings. The number of carbonyl (C=O) groups is 1. The lowest BCUT2D eigenvalue weighted by Crippen LogP contribution is -2.06. The fourth-order valence-corrected chi connectivity index (χ4v) is 1.41. The number of rotatable bonds is 2. The second kappa shape index (κ2) is 4.32. The van der Waals surface area contributed by atoms with Crippen molar-refractivity contribution in [1.82, 2.24) is 0 Å². The third-order valence-electron chi connectivity index (χ3n) is 1.52. The van der Waals surface area contributed by atoms with Gasteiger partial charge in [0.25, 0.3) is 0 Å². The molecule has 0 spiro atoms. The second-order valence-electron chi connectivity index (χ2n) is 2.65. The van der Waals surface area contributed by atoms with Crippen molar-refractivity contribution in [1.29, 1.82) is 0 Å². The average Bonchev–Trinajstić information content (AvgIpc) is 2.03. The second-order valence-corrected chi connectivity index (χ2v) is 5.17. The number of hydrogen-bond donors (Lipinski definition) is 0. The lowest BCUT2D eigenvalue weighted by Gasteiger charge is -2.09. The molecule has 0 fully saturated rings. The highest BCUT2D eigenvalue weighted by molar-refractivity contribution is 6.67. The fourth-order valence-electron chi connectivity index (χ4n) is 0.946. The highest BCUT2D eigenvalue weighted by Gasteiger charge is 2.19. The molecule has 0 N–H and O–H groups in total. The zero-order valence-electron chi connectivity index (χ0n) is 6.64. The van der Waals surface area contributed by atoms with E-state index in [2.05, 4.69) is 0 Å². The van der Waals surface area contributed by atoms with Crippen LogP contribution in [0.1, 0.15) is 15.9 Å². The Labute approximate surface area is 91.6 Å². The zero-order valence-corrected chi connectivity index (χ0v) is 8.90. The number of alkyl halides is 3. The standard InChI is InChI=1S/C9H7Cl3O/c10-9(11,12)5-7-1-3-8(6-13)4-2-7/h1-4,6H,5H2. The fraction of sp³-hybridized carbons (Fsp3) is 0.222. The van der Waals surface area contributed by atoms with E-state index >= 15 is 0 Å².